The summed E-state index contributed by atoms with van der Waals surface area (Å²) in [5, 5.41) is 46.4. The molecule has 0 radical (unpaired) electrons. The SMILES string of the molecule is COc1cccc2c1C(=O)c1c(O)c3c(c(O)c1C2=O)C[C@@](O)(C(C)=O)C[C@@H]3O[C@H]1C[C@@H](N2CCN(C(=O)OC(C)(C)C)CC2OC)[C@H](O)[C@H](C)O1. The molecule has 4 N–H and O–H groups in total. The lowest BCUT2D eigenvalue weighted by molar-refractivity contribution is -0.267. The number of hydrogen-bond acceptors (Lipinski definition) is 14. The predicted molar refractivity (Wildman–Crippen MR) is 181 cm³/mol. The Bertz CT molecular complexity index is 1800. The summed E-state index contributed by atoms with van der Waals surface area (Å²) >= 11 is 0. The second-order valence-corrected chi connectivity index (χ2v) is 14.9. The molecule has 0 saturated carbocycles. The number of ether oxygens (including phenoxy) is 5. The number of aliphatic hydroxyl groups is 2. The van der Waals surface area contributed by atoms with Crippen molar-refractivity contribution in [1.29, 1.82) is 0 Å². The van der Waals surface area contributed by atoms with Crippen LogP contribution < -0.4 is 4.74 Å². The van der Waals surface area contributed by atoms with Gasteiger partial charge in [-0.25, -0.2) is 4.79 Å². The van der Waals surface area contributed by atoms with Crippen LogP contribution in [0.25, 0.3) is 0 Å². The molecular weight excluding hydrogens is 680 g/mol. The maximum absolute atomic E-state index is 14.0. The standard InChI is InChI=1S/C37H46N2O13/c1-17-30(41)21(39-12-11-38(16-24(39)49-7)35(46)52-36(3,4)5)13-25(50-17)51-23-15-37(47,18(2)40)14-20-27(23)34(45)29-28(32(20)43)31(42)19-9-8-10-22(48-6)26(19)33(29)44/h8-10,17,21,23-25,30,41,43,45,47H,11-16H2,1-7H3/t17-,21+,23-,24?,25-,30+,37-/m0/s1. The number of fused-ring (bicyclic) bond motifs is 3. The van der Waals surface area contributed by atoms with Crippen LogP contribution in [0.2, 0.25) is 0 Å². The van der Waals surface area contributed by atoms with Crippen LogP contribution in [-0.2, 0) is 30.2 Å². The van der Waals surface area contributed by atoms with Gasteiger partial charge in [-0.1, -0.05) is 12.1 Å². The number of ketones is 3. The normalized spacial score (nSPS) is 29.2. The number of hydrogen-bond donors (Lipinski definition) is 4. The highest BCUT2D eigenvalue weighted by atomic mass is 16.7. The van der Waals surface area contributed by atoms with Crippen molar-refractivity contribution >= 4 is 23.4 Å². The quantitative estimate of drug-likeness (QED) is 0.270. The van der Waals surface area contributed by atoms with Crippen molar-refractivity contribution in [3.63, 3.8) is 0 Å². The number of piperazine rings is 1. The monoisotopic (exact) mass is 726 g/mol. The molecule has 2 fully saturated rings. The van der Waals surface area contributed by atoms with Crippen molar-refractivity contribution in [2.75, 3.05) is 33.9 Å². The highest BCUT2D eigenvalue weighted by Crippen LogP contribution is 2.52. The molecule has 282 valence electrons. The molecular formula is C37H46N2O13. The first kappa shape index (κ1) is 37.6. The summed E-state index contributed by atoms with van der Waals surface area (Å²) in [6, 6.07) is 3.82. The molecule has 2 aromatic carbocycles. The number of aliphatic hydroxyl groups excluding tert-OH is 1. The van der Waals surface area contributed by atoms with Crippen LogP contribution in [0, 0.1) is 0 Å². The summed E-state index contributed by atoms with van der Waals surface area (Å²) in [4.78, 5) is 56.9. The summed E-state index contributed by atoms with van der Waals surface area (Å²) in [5.41, 5.74) is -3.95. The number of phenolic OH excluding ortho intramolecular Hbond substituents is 2. The zero-order valence-electron chi connectivity index (χ0n) is 30.3. The molecule has 0 aromatic heterocycles. The van der Waals surface area contributed by atoms with Crippen LogP contribution in [0.15, 0.2) is 18.2 Å². The van der Waals surface area contributed by atoms with E-state index in [1.807, 2.05) is 4.90 Å². The Labute approximate surface area is 300 Å². The molecule has 52 heavy (non-hydrogen) atoms. The molecule has 2 aliphatic heterocycles. The van der Waals surface area contributed by atoms with Crippen molar-refractivity contribution in [2.45, 2.75) is 102 Å². The molecule has 2 heterocycles. The van der Waals surface area contributed by atoms with Gasteiger partial charge in [0.05, 0.1) is 48.7 Å². The van der Waals surface area contributed by atoms with Crippen LogP contribution in [0.5, 0.6) is 17.2 Å². The average Bonchev–Trinajstić information content (AvgIpc) is 3.08. The van der Waals surface area contributed by atoms with E-state index in [9.17, 15) is 39.6 Å². The van der Waals surface area contributed by atoms with E-state index in [1.54, 1.807) is 27.7 Å². The third-order valence-electron chi connectivity index (χ3n) is 10.4. The van der Waals surface area contributed by atoms with Crippen molar-refractivity contribution in [1.82, 2.24) is 9.80 Å². The van der Waals surface area contributed by atoms with E-state index < -0.39 is 101 Å². The highest BCUT2D eigenvalue weighted by molar-refractivity contribution is 6.31. The van der Waals surface area contributed by atoms with E-state index in [0.29, 0.717) is 13.1 Å². The van der Waals surface area contributed by atoms with Crippen molar-refractivity contribution in [3.8, 4) is 17.2 Å². The van der Waals surface area contributed by atoms with E-state index in [2.05, 4.69) is 0 Å². The summed E-state index contributed by atoms with van der Waals surface area (Å²) in [7, 11) is 2.83. The van der Waals surface area contributed by atoms with Gasteiger partial charge in [-0.2, -0.15) is 0 Å². The van der Waals surface area contributed by atoms with Gasteiger partial charge in [0.25, 0.3) is 0 Å². The topological polar surface area (TPSA) is 202 Å². The molecule has 2 aliphatic carbocycles. The fourth-order valence-corrected chi connectivity index (χ4v) is 7.78. The van der Waals surface area contributed by atoms with Crippen molar-refractivity contribution < 1.29 is 63.3 Å². The fourth-order valence-electron chi connectivity index (χ4n) is 7.78. The number of nitrogens with zero attached hydrogens (tertiary/aromatic N) is 2. The van der Waals surface area contributed by atoms with E-state index in [1.165, 1.54) is 44.2 Å². The number of amides is 1. The third kappa shape index (κ3) is 6.43. The number of phenols is 2. The first-order valence-corrected chi connectivity index (χ1v) is 17.3. The molecule has 1 unspecified atom stereocenters. The zero-order chi connectivity index (χ0) is 38.0. The van der Waals surface area contributed by atoms with Crippen LogP contribution in [0.4, 0.5) is 4.79 Å². The Morgan fingerprint density at radius 2 is 1.71 bits per heavy atom. The van der Waals surface area contributed by atoms with Gasteiger partial charge in [-0.05, 0) is 40.7 Å². The van der Waals surface area contributed by atoms with Crippen molar-refractivity contribution in [2.24, 2.45) is 0 Å². The van der Waals surface area contributed by atoms with E-state index in [4.69, 9.17) is 23.7 Å². The van der Waals surface area contributed by atoms with Gasteiger partial charge in [-0.3, -0.25) is 19.3 Å². The molecule has 15 nitrogen and oxygen atoms in total. The Kier molecular flexibility index (Phi) is 9.91. The minimum absolute atomic E-state index is 0.0348. The number of Topliss-reactive ketones (excluding diaryl/α,β-unsaturated/α-hetero) is 1. The zero-order valence-corrected chi connectivity index (χ0v) is 30.3. The number of carbonyl (C=O) groups excluding carboxylic acids is 4. The first-order chi connectivity index (χ1) is 24.4. The summed E-state index contributed by atoms with van der Waals surface area (Å²) in [6.07, 6.45) is -6.09. The van der Waals surface area contributed by atoms with Gasteiger partial charge in [0.15, 0.2) is 17.9 Å². The van der Waals surface area contributed by atoms with Crippen LogP contribution in [0.1, 0.15) is 96.5 Å². The summed E-state index contributed by atoms with van der Waals surface area (Å²) < 4.78 is 29.2. The smallest absolute Gasteiger partial charge is 0.410 e. The lowest BCUT2D eigenvalue weighted by atomic mass is 9.72. The lowest BCUT2D eigenvalue weighted by Gasteiger charge is -2.49. The maximum Gasteiger partial charge on any atom is 0.410 e. The van der Waals surface area contributed by atoms with Gasteiger partial charge in [0.1, 0.15) is 34.7 Å². The van der Waals surface area contributed by atoms with Gasteiger partial charge < -0.3 is 49.0 Å². The van der Waals surface area contributed by atoms with Crippen LogP contribution in [0.3, 0.4) is 0 Å². The van der Waals surface area contributed by atoms with Gasteiger partial charge >= 0.3 is 6.09 Å². The largest absolute Gasteiger partial charge is 0.507 e. The number of benzene rings is 2. The molecule has 7 atom stereocenters. The minimum atomic E-state index is -2.07. The van der Waals surface area contributed by atoms with E-state index in [-0.39, 0.29) is 47.4 Å². The Morgan fingerprint density at radius 1 is 1.02 bits per heavy atom. The minimum Gasteiger partial charge on any atom is -0.507 e. The lowest BCUT2D eigenvalue weighted by Crippen LogP contribution is -2.64. The first-order valence-electron chi connectivity index (χ1n) is 17.3. The molecule has 0 bridgehead atoms. The molecule has 2 saturated heterocycles. The molecule has 4 aliphatic rings. The van der Waals surface area contributed by atoms with Gasteiger partial charge in [0, 0.05) is 62.2 Å². The van der Waals surface area contributed by atoms with E-state index in [0.717, 1.165) is 0 Å². The Hall–Kier alpha value is -4.12. The average molecular weight is 727 g/mol. The molecule has 1 amide bonds. The van der Waals surface area contributed by atoms with Crippen LogP contribution >= 0.6 is 0 Å². The fraction of sp³-hybridized carbons (Fsp3) is 0.568. The molecule has 2 aromatic rings. The Balaban J connectivity index is 1.34. The highest BCUT2D eigenvalue weighted by Gasteiger charge is 2.50. The summed E-state index contributed by atoms with van der Waals surface area (Å²) in [6.45, 7) is 8.94. The number of aromatic hydroxyl groups is 2. The summed E-state index contributed by atoms with van der Waals surface area (Å²) in [5.74, 6) is -3.32. The Morgan fingerprint density at radius 3 is 2.35 bits per heavy atom. The van der Waals surface area contributed by atoms with Gasteiger partial charge in [0.2, 0.25) is 5.78 Å². The predicted octanol–water partition coefficient (Wildman–Crippen LogP) is 2.60. The second kappa shape index (κ2) is 13.7. The molecule has 6 rings (SSSR count). The van der Waals surface area contributed by atoms with Gasteiger partial charge in [-0.15, -0.1) is 0 Å². The molecule has 0 spiro atoms. The second-order valence-electron chi connectivity index (χ2n) is 14.9. The third-order valence-corrected chi connectivity index (χ3v) is 10.4. The number of methoxy groups -OCH3 is 2. The van der Waals surface area contributed by atoms with Crippen LogP contribution in [-0.4, -0.2) is 129 Å². The molecule has 15 heteroatoms. The number of rotatable bonds is 6. The van der Waals surface area contributed by atoms with E-state index >= 15 is 0 Å². The number of carbonyl (C=O) groups is 4. The maximum atomic E-state index is 14.0. The van der Waals surface area contributed by atoms with Crippen molar-refractivity contribution in [3.05, 3.63) is 51.6 Å².